The number of hydrogen-bond acceptors (Lipinski definition) is 5. The molecule has 192 valence electrons. The second kappa shape index (κ2) is 12.5. The van der Waals surface area contributed by atoms with E-state index in [0.717, 1.165) is 17.0 Å². The summed E-state index contributed by atoms with van der Waals surface area (Å²) in [5, 5.41) is 3.54. The van der Waals surface area contributed by atoms with Gasteiger partial charge in [-0.25, -0.2) is 8.42 Å². The van der Waals surface area contributed by atoms with Crippen molar-refractivity contribution in [3.63, 3.8) is 0 Å². The summed E-state index contributed by atoms with van der Waals surface area (Å²) >= 11 is 12.2. The number of ether oxygens (including phenoxy) is 1. The minimum atomic E-state index is -3.83. The lowest BCUT2D eigenvalue weighted by atomic mass is 10.1. The first-order chi connectivity index (χ1) is 16.4. The minimum Gasteiger partial charge on any atom is -0.497 e. The largest absolute Gasteiger partial charge is 0.497 e. The maximum absolute atomic E-state index is 13.5. The molecule has 0 aliphatic heterocycles. The number of sulfonamides is 1. The average molecular weight is 545 g/mol. The van der Waals surface area contributed by atoms with Crippen molar-refractivity contribution < 1.29 is 22.7 Å². The number of nitrogens with one attached hydrogen (secondary N) is 1. The summed E-state index contributed by atoms with van der Waals surface area (Å²) in [5.41, 5.74) is 0.912. The molecular formula is C24H31Cl2N3O5S. The third-order valence-corrected chi connectivity index (χ3v) is 7.41. The number of methoxy groups -OCH3 is 1. The van der Waals surface area contributed by atoms with Gasteiger partial charge in [0, 0.05) is 18.7 Å². The van der Waals surface area contributed by atoms with Crippen molar-refractivity contribution in [3.05, 3.63) is 58.1 Å². The number of nitrogens with zero attached hydrogens (tertiary/aromatic N) is 2. The van der Waals surface area contributed by atoms with E-state index < -0.39 is 28.5 Å². The normalized spacial score (nSPS) is 13.0. The van der Waals surface area contributed by atoms with Crippen LogP contribution in [-0.4, -0.2) is 57.1 Å². The van der Waals surface area contributed by atoms with E-state index in [0.29, 0.717) is 21.4 Å². The second-order valence-electron chi connectivity index (χ2n) is 8.24. The Kier molecular flexibility index (Phi) is 10.2. The summed E-state index contributed by atoms with van der Waals surface area (Å²) in [7, 11) is -2.37. The van der Waals surface area contributed by atoms with E-state index in [1.165, 1.54) is 18.1 Å². The van der Waals surface area contributed by atoms with Crippen molar-refractivity contribution in [3.8, 4) is 5.75 Å². The fourth-order valence-electron chi connectivity index (χ4n) is 3.26. The van der Waals surface area contributed by atoms with E-state index in [2.05, 4.69) is 5.32 Å². The van der Waals surface area contributed by atoms with Crippen molar-refractivity contribution in [2.24, 2.45) is 0 Å². The molecule has 2 amide bonds. The molecule has 0 saturated carbocycles. The summed E-state index contributed by atoms with van der Waals surface area (Å²) in [6, 6.07) is 10.3. The van der Waals surface area contributed by atoms with Crippen LogP contribution in [0.4, 0.5) is 5.69 Å². The maximum Gasteiger partial charge on any atom is 0.244 e. The van der Waals surface area contributed by atoms with E-state index in [9.17, 15) is 18.0 Å². The predicted molar refractivity (Wildman–Crippen MR) is 140 cm³/mol. The van der Waals surface area contributed by atoms with Crippen LogP contribution in [0, 0.1) is 0 Å². The lowest BCUT2D eigenvalue weighted by Gasteiger charge is -2.32. The molecule has 0 unspecified atom stereocenters. The Morgan fingerprint density at radius 3 is 2.34 bits per heavy atom. The summed E-state index contributed by atoms with van der Waals surface area (Å²) in [6.07, 6.45) is 1.74. The van der Waals surface area contributed by atoms with Gasteiger partial charge in [-0.1, -0.05) is 42.3 Å². The van der Waals surface area contributed by atoms with Gasteiger partial charge in [-0.2, -0.15) is 0 Å². The van der Waals surface area contributed by atoms with Crippen LogP contribution in [0.5, 0.6) is 5.75 Å². The fraction of sp³-hybridized carbons (Fsp3) is 0.417. The first-order valence-electron chi connectivity index (χ1n) is 11.0. The molecule has 0 aliphatic carbocycles. The molecule has 0 saturated heterocycles. The number of carbonyl (C=O) groups excluding carboxylic acids is 2. The standard InChI is InChI=1S/C24H31Cl2N3O5S/c1-6-16(2)27-24(31)17(3)28(14-18-10-11-21(25)22(26)12-18)23(30)15-29(35(5,32)33)19-8-7-9-20(13-19)34-4/h7-13,16-17H,6,14-15H2,1-5H3,(H,27,31)/t16-,17+/m1/s1. The molecule has 0 radical (unpaired) electrons. The summed E-state index contributed by atoms with van der Waals surface area (Å²) < 4.78 is 31.4. The molecule has 0 bridgehead atoms. The molecule has 2 atom stereocenters. The predicted octanol–water partition coefficient (Wildman–Crippen LogP) is 4.10. The van der Waals surface area contributed by atoms with E-state index >= 15 is 0 Å². The summed E-state index contributed by atoms with van der Waals surface area (Å²) in [6.45, 7) is 4.93. The van der Waals surface area contributed by atoms with Gasteiger partial charge in [0.2, 0.25) is 21.8 Å². The quantitative estimate of drug-likeness (QED) is 0.460. The Morgan fingerprint density at radius 1 is 1.09 bits per heavy atom. The van der Waals surface area contributed by atoms with Crippen LogP contribution < -0.4 is 14.4 Å². The molecular weight excluding hydrogens is 513 g/mol. The first kappa shape index (κ1) is 28.7. The Balaban J connectivity index is 2.42. The van der Waals surface area contributed by atoms with Gasteiger partial charge in [0.1, 0.15) is 18.3 Å². The zero-order valence-electron chi connectivity index (χ0n) is 20.4. The van der Waals surface area contributed by atoms with E-state index in [1.54, 1.807) is 43.3 Å². The number of halogens is 2. The molecule has 11 heteroatoms. The van der Waals surface area contributed by atoms with Gasteiger partial charge in [0.05, 0.1) is 29.1 Å². The van der Waals surface area contributed by atoms with E-state index in [4.69, 9.17) is 27.9 Å². The first-order valence-corrected chi connectivity index (χ1v) is 13.6. The van der Waals surface area contributed by atoms with Gasteiger partial charge in [0.15, 0.2) is 0 Å². The zero-order chi connectivity index (χ0) is 26.3. The van der Waals surface area contributed by atoms with Crippen molar-refractivity contribution in [1.82, 2.24) is 10.2 Å². The third kappa shape index (κ3) is 8.02. The number of rotatable bonds is 11. The van der Waals surface area contributed by atoms with Crippen LogP contribution in [0.3, 0.4) is 0 Å². The highest BCUT2D eigenvalue weighted by Gasteiger charge is 2.30. The molecule has 35 heavy (non-hydrogen) atoms. The van der Waals surface area contributed by atoms with Gasteiger partial charge < -0.3 is 15.0 Å². The molecule has 2 aromatic carbocycles. The summed E-state index contributed by atoms with van der Waals surface area (Å²) in [4.78, 5) is 27.8. The van der Waals surface area contributed by atoms with Gasteiger partial charge >= 0.3 is 0 Å². The lowest BCUT2D eigenvalue weighted by molar-refractivity contribution is -0.139. The highest BCUT2D eigenvalue weighted by atomic mass is 35.5. The molecule has 0 spiro atoms. The molecule has 0 aliphatic rings. The smallest absolute Gasteiger partial charge is 0.244 e. The molecule has 0 heterocycles. The molecule has 0 fully saturated rings. The minimum absolute atomic E-state index is 0.0283. The third-order valence-electron chi connectivity index (χ3n) is 5.53. The average Bonchev–Trinajstić information content (AvgIpc) is 2.81. The van der Waals surface area contributed by atoms with Crippen molar-refractivity contribution in [2.45, 2.75) is 45.8 Å². The number of amides is 2. The topological polar surface area (TPSA) is 96.0 Å². The van der Waals surface area contributed by atoms with Crippen molar-refractivity contribution in [1.29, 1.82) is 0 Å². The van der Waals surface area contributed by atoms with Gasteiger partial charge in [-0.3, -0.25) is 13.9 Å². The van der Waals surface area contributed by atoms with Crippen LogP contribution in [0.1, 0.15) is 32.8 Å². The van der Waals surface area contributed by atoms with Crippen LogP contribution in [-0.2, 0) is 26.2 Å². The Morgan fingerprint density at radius 2 is 1.77 bits per heavy atom. The molecule has 0 aromatic heterocycles. The molecule has 1 N–H and O–H groups in total. The van der Waals surface area contributed by atoms with Crippen LogP contribution in [0.2, 0.25) is 10.0 Å². The number of anilines is 1. The highest BCUT2D eigenvalue weighted by Crippen LogP contribution is 2.25. The van der Waals surface area contributed by atoms with Crippen LogP contribution in [0.15, 0.2) is 42.5 Å². The summed E-state index contributed by atoms with van der Waals surface area (Å²) in [5.74, 6) is -0.464. The van der Waals surface area contributed by atoms with Gasteiger partial charge in [0.25, 0.3) is 0 Å². The Labute approximate surface area is 217 Å². The lowest BCUT2D eigenvalue weighted by Crippen LogP contribution is -2.52. The SMILES string of the molecule is CC[C@@H](C)NC(=O)[C@H](C)N(Cc1ccc(Cl)c(Cl)c1)C(=O)CN(c1cccc(OC)c1)S(C)(=O)=O. The Hall–Kier alpha value is -2.49. The second-order valence-corrected chi connectivity index (χ2v) is 11.0. The van der Waals surface area contributed by atoms with Gasteiger partial charge in [-0.15, -0.1) is 0 Å². The van der Waals surface area contributed by atoms with E-state index in [1.807, 2.05) is 13.8 Å². The van der Waals surface area contributed by atoms with Crippen molar-refractivity contribution in [2.75, 3.05) is 24.2 Å². The van der Waals surface area contributed by atoms with Crippen molar-refractivity contribution >= 4 is 50.7 Å². The van der Waals surface area contributed by atoms with Crippen LogP contribution >= 0.6 is 23.2 Å². The maximum atomic E-state index is 13.5. The molecule has 2 aromatic rings. The monoisotopic (exact) mass is 543 g/mol. The fourth-order valence-corrected chi connectivity index (χ4v) is 4.42. The van der Waals surface area contributed by atoms with Gasteiger partial charge in [-0.05, 0) is 50.1 Å². The number of hydrogen-bond donors (Lipinski definition) is 1. The molecule has 8 nitrogen and oxygen atoms in total. The molecule has 2 rings (SSSR count). The number of carbonyl (C=O) groups is 2. The van der Waals surface area contributed by atoms with Crippen LogP contribution in [0.25, 0.3) is 0 Å². The van der Waals surface area contributed by atoms with E-state index in [-0.39, 0.29) is 24.2 Å². The number of benzene rings is 2. The zero-order valence-corrected chi connectivity index (χ0v) is 22.7. The Bertz CT molecular complexity index is 1160. The highest BCUT2D eigenvalue weighted by molar-refractivity contribution is 7.92.